The van der Waals surface area contributed by atoms with Gasteiger partial charge in [-0.3, -0.25) is 0 Å². The molecule has 1 N–H and O–H groups in total. The van der Waals surface area contributed by atoms with Crippen molar-refractivity contribution in [1.82, 2.24) is 4.90 Å². The molecule has 0 amide bonds. The lowest BCUT2D eigenvalue weighted by atomic mass is 10.0. The molecular formula is C13H21NO3. The summed E-state index contributed by atoms with van der Waals surface area (Å²) >= 11 is 0. The van der Waals surface area contributed by atoms with Crippen molar-refractivity contribution in [1.29, 1.82) is 0 Å². The number of methoxy groups -OCH3 is 2. The summed E-state index contributed by atoms with van der Waals surface area (Å²) in [7, 11) is 7.15. The van der Waals surface area contributed by atoms with E-state index in [1.807, 2.05) is 37.2 Å². The summed E-state index contributed by atoms with van der Waals surface area (Å²) in [5.41, 5.74) is 0.722. The van der Waals surface area contributed by atoms with Crippen LogP contribution in [0.5, 0.6) is 11.5 Å². The first-order valence-electron chi connectivity index (χ1n) is 5.63. The zero-order chi connectivity index (χ0) is 12.8. The van der Waals surface area contributed by atoms with Crippen molar-refractivity contribution in [3.05, 3.63) is 23.8 Å². The molecule has 0 fully saturated rings. The molecule has 0 radical (unpaired) electrons. The number of nitrogens with zero attached hydrogens (tertiary/aromatic N) is 1. The van der Waals surface area contributed by atoms with Crippen LogP contribution in [0.3, 0.4) is 0 Å². The largest absolute Gasteiger partial charge is 0.496 e. The van der Waals surface area contributed by atoms with Crippen molar-refractivity contribution in [2.24, 2.45) is 0 Å². The fourth-order valence-electron chi connectivity index (χ4n) is 1.73. The van der Waals surface area contributed by atoms with E-state index in [1.165, 1.54) is 0 Å². The number of hydrogen-bond acceptors (Lipinski definition) is 4. The standard InChI is InChI=1S/C13H21NO3/c1-14(2)9-8-10(15)13-11(16-3)6-5-7-12(13)17-4/h5-7,10,15H,8-9H2,1-4H3. The van der Waals surface area contributed by atoms with E-state index < -0.39 is 6.10 Å². The minimum absolute atomic E-state index is 0.580. The predicted molar refractivity (Wildman–Crippen MR) is 67.7 cm³/mol. The SMILES string of the molecule is COc1cccc(OC)c1C(O)CCN(C)C. The minimum Gasteiger partial charge on any atom is -0.496 e. The van der Waals surface area contributed by atoms with Gasteiger partial charge >= 0.3 is 0 Å². The quantitative estimate of drug-likeness (QED) is 0.820. The normalized spacial score (nSPS) is 12.6. The maximum absolute atomic E-state index is 10.2. The summed E-state index contributed by atoms with van der Waals surface area (Å²) in [6.07, 6.45) is 0.0625. The maximum atomic E-state index is 10.2. The third-order valence-corrected chi connectivity index (χ3v) is 2.65. The molecule has 1 atom stereocenters. The monoisotopic (exact) mass is 239 g/mol. The number of aliphatic hydroxyl groups excluding tert-OH is 1. The second-order valence-corrected chi connectivity index (χ2v) is 4.18. The van der Waals surface area contributed by atoms with Crippen molar-refractivity contribution in [2.45, 2.75) is 12.5 Å². The lowest BCUT2D eigenvalue weighted by Crippen LogP contribution is -2.16. The van der Waals surface area contributed by atoms with E-state index in [4.69, 9.17) is 9.47 Å². The highest BCUT2D eigenvalue weighted by Gasteiger charge is 2.18. The van der Waals surface area contributed by atoms with Gasteiger partial charge in [0.1, 0.15) is 11.5 Å². The number of hydrogen-bond donors (Lipinski definition) is 1. The molecule has 1 unspecified atom stereocenters. The Kier molecular flexibility index (Phi) is 5.25. The molecule has 0 aromatic heterocycles. The molecule has 0 aliphatic carbocycles. The Balaban J connectivity index is 2.92. The van der Waals surface area contributed by atoms with Crippen LogP contribution in [-0.2, 0) is 0 Å². The van der Waals surface area contributed by atoms with Crippen LogP contribution in [-0.4, -0.2) is 44.9 Å². The van der Waals surface area contributed by atoms with E-state index in [9.17, 15) is 5.11 Å². The lowest BCUT2D eigenvalue weighted by molar-refractivity contribution is 0.147. The smallest absolute Gasteiger partial charge is 0.128 e. The van der Waals surface area contributed by atoms with Crippen molar-refractivity contribution < 1.29 is 14.6 Å². The molecule has 1 aromatic carbocycles. The highest BCUT2D eigenvalue weighted by molar-refractivity contribution is 5.46. The molecule has 0 spiro atoms. The molecule has 1 rings (SSSR count). The Labute approximate surface area is 103 Å². The van der Waals surface area contributed by atoms with Crippen LogP contribution in [0.2, 0.25) is 0 Å². The van der Waals surface area contributed by atoms with Crippen LogP contribution in [0.15, 0.2) is 18.2 Å². The summed E-state index contributed by atoms with van der Waals surface area (Å²) in [5.74, 6) is 1.33. The molecule has 0 aliphatic heterocycles. The van der Waals surface area contributed by atoms with Crippen molar-refractivity contribution >= 4 is 0 Å². The van der Waals surface area contributed by atoms with Crippen LogP contribution >= 0.6 is 0 Å². The molecule has 0 bridgehead atoms. The Morgan fingerprint density at radius 1 is 1.18 bits per heavy atom. The topological polar surface area (TPSA) is 41.9 Å². The molecule has 4 nitrogen and oxygen atoms in total. The summed E-state index contributed by atoms with van der Waals surface area (Å²) in [6, 6.07) is 5.51. The van der Waals surface area contributed by atoms with Gasteiger partial charge in [-0.05, 0) is 32.6 Å². The minimum atomic E-state index is -0.580. The first kappa shape index (κ1) is 13.8. The van der Waals surface area contributed by atoms with Crippen LogP contribution in [0, 0.1) is 0 Å². The van der Waals surface area contributed by atoms with Gasteiger partial charge in [-0.2, -0.15) is 0 Å². The first-order chi connectivity index (χ1) is 8.10. The summed E-state index contributed by atoms with van der Waals surface area (Å²) < 4.78 is 10.5. The highest BCUT2D eigenvalue weighted by atomic mass is 16.5. The zero-order valence-corrected chi connectivity index (χ0v) is 10.9. The van der Waals surface area contributed by atoms with Crippen molar-refractivity contribution in [2.75, 3.05) is 34.9 Å². The lowest BCUT2D eigenvalue weighted by Gasteiger charge is -2.19. The molecule has 0 saturated carbocycles. The van der Waals surface area contributed by atoms with Gasteiger partial charge < -0.3 is 19.5 Å². The Morgan fingerprint density at radius 2 is 1.71 bits per heavy atom. The van der Waals surface area contributed by atoms with Crippen LogP contribution in [0.25, 0.3) is 0 Å². The van der Waals surface area contributed by atoms with Gasteiger partial charge in [0.2, 0.25) is 0 Å². The van der Waals surface area contributed by atoms with Crippen molar-refractivity contribution in [3.8, 4) is 11.5 Å². The summed E-state index contributed by atoms with van der Waals surface area (Å²) in [6.45, 7) is 0.808. The molecular weight excluding hydrogens is 218 g/mol. The zero-order valence-electron chi connectivity index (χ0n) is 10.9. The first-order valence-corrected chi connectivity index (χ1v) is 5.63. The average molecular weight is 239 g/mol. The molecule has 17 heavy (non-hydrogen) atoms. The van der Waals surface area contributed by atoms with Gasteiger partial charge in [0.15, 0.2) is 0 Å². The second kappa shape index (κ2) is 6.47. The van der Waals surface area contributed by atoms with E-state index in [1.54, 1.807) is 14.2 Å². The van der Waals surface area contributed by atoms with E-state index in [2.05, 4.69) is 0 Å². The number of rotatable bonds is 6. The van der Waals surface area contributed by atoms with E-state index in [0.717, 1.165) is 12.1 Å². The fraction of sp³-hybridized carbons (Fsp3) is 0.538. The Hall–Kier alpha value is -1.26. The molecule has 0 saturated heterocycles. The maximum Gasteiger partial charge on any atom is 0.128 e. The van der Waals surface area contributed by atoms with Crippen LogP contribution < -0.4 is 9.47 Å². The summed E-state index contributed by atoms with van der Waals surface area (Å²) in [4.78, 5) is 2.03. The average Bonchev–Trinajstić information content (AvgIpc) is 2.34. The fourth-order valence-corrected chi connectivity index (χ4v) is 1.73. The molecule has 1 aromatic rings. The van der Waals surface area contributed by atoms with Gasteiger partial charge in [-0.15, -0.1) is 0 Å². The van der Waals surface area contributed by atoms with Gasteiger partial charge in [-0.25, -0.2) is 0 Å². The molecule has 4 heteroatoms. The van der Waals surface area contributed by atoms with Gasteiger partial charge in [0.05, 0.1) is 25.9 Å². The summed E-state index contributed by atoms with van der Waals surface area (Å²) in [5, 5.41) is 10.2. The van der Waals surface area contributed by atoms with Crippen molar-refractivity contribution in [3.63, 3.8) is 0 Å². The van der Waals surface area contributed by atoms with E-state index in [-0.39, 0.29) is 0 Å². The third-order valence-electron chi connectivity index (χ3n) is 2.65. The highest BCUT2D eigenvalue weighted by Crippen LogP contribution is 2.35. The van der Waals surface area contributed by atoms with E-state index in [0.29, 0.717) is 17.9 Å². The molecule has 0 heterocycles. The molecule has 96 valence electrons. The Morgan fingerprint density at radius 3 is 2.12 bits per heavy atom. The van der Waals surface area contributed by atoms with Gasteiger partial charge in [0, 0.05) is 6.54 Å². The van der Waals surface area contributed by atoms with Crippen LogP contribution in [0.4, 0.5) is 0 Å². The Bertz CT molecular complexity index is 330. The number of ether oxygens (including phenoxy) is 2. The van der Waals surface area contributed by atoms with E-state index >= 15 is 0 Å². The molecule has 0 aliphatic rings. The second-order valence-electron chi connectivity index (χ2n) is 4.18. The van der Waals surface area contributed by atoms with Gasteiger partial charge in [0.25, 0.3) is 0 Å². The number of benzene rings is 1. The van der Waals surface area contributed by atoms with Crippen LogP contribution in [0.1, 0.15) is 18.1 Å². The third kappa shape index (κ3) is 3.61. The van der Waals surface area contributed by atoms with Gasteiger partial charge in [-0.1, -0.05) is 6.07 Å². The number of aliphatic hydroxyl groups is 1. The predicted octanol–water partition coefficient (Wildman–Crippen LogP) is 1.69.